The zero-order valence-corrected chi connectivity index (χ0v) is 16.3. The highest BCUT2D eigenvalue weighted by Crippen LogP contribution is 2.16. The summed E-state index contributed by atoms with van der Waals surface area (Å²) in [6, 6.07) is 14.0. The summed E-state index contributed by atoms with van der Waals surface area (Å²) in [6.45, 7) is 0.515. The molecule has 0 heterocycles. The predicted molar refractivity (Wildman–Crippen MR) is 107 cm³/mol. The van der Waals surface area contributed by atoms with Crippen molar-refractivity contribution in [2.45, 2.75) is 0 Å². The zero-order chi connectivity index (χ0) is 18.9. The second kappa shape index (κ2) is 10.1. The summed E-state index contributed by atoms with van der Waals surface area (Å²) in [7, 11) is 3.40. The summed E-state index contributed by atoms with van der Waals surface area (Å²) in [4.78, 5) is 25.3. The van der Waals surface area contributed by atoms with E-state index in [4.69, 9.17) is 16.3 Å². The molecule has 0 saturated heterocycles. The van der Waals surface area contributed by atoms with E-state index in [1.807, 2.05) is 12.1 Å². The van der Waals surface area contributed by atoms with Gasteiger partial charge in [-0.3, -0.25) is 9.59 Å². The van der Waals surface area contributed by atoms with Gasteiger partial charge in [0, 0.05) is 36.1 Å². The number of benzene rings is 2. The summed E-state index contributed by atoms with van der Waals surface area (Å²) in [5, 5.41) is 3.48. The van der Waals surface area contributed by atoms with Crippen molar-refractivity contribution in [3.05, 3.63) is 59.1 Å². The van der Waals surface area contributed by atoms with Crippen molar-refractivity contribution in [3.8, 4) is 5.75 Å². The van der Waals surface area contributed by atoms with Crippen molar-refractivity contribution in [1.82, 2.24) is 4.90 Å². The molecule has 1 N–H and O–H groups in total. The number of amides is 2. The molecule has 2 aromatic carbocycles. The van der Waals surface area contributed by atoms with E-state index < -0.39 is 0 Å². The number of carbonyl (C=O) groups is 2. The topological polar surface area (TPSA) is 58.6 Å². The van der Waals surface area contributed by atoms with Crippen molar-refractivity contribution < 1.29 is 14.3 Å². The Morgan fingerprint density at radius 2 is 1.73 bits per heavy atom. The Morgan fingerprint density at radius 1 is 1.08 bits per heavy atom. The highest BCUT2D eigenvalue weighted by molar-refractivity contribution is 7.99. The first-order chi connectivity index (χ1) is 12.5. The van der Waals surface area contributed by atoms with Gasteiger partial charge in [-0.2, -0.15) is 0 Å². The molecular formula is C19H21ClN2O3S. The minimum absolute atomic E-state index is 0.0703. The van der Waals surface area contributed by atoms with Crippen LogP contribution in [0.15, 0.2) is 48.5 Å². The first-order valence-electron chi connectivity index (χ1n) is 8.03. The van der Waals surface area contributed by atoms with Gasteiger partial charge in [0.15, 0.2) is 0 Å². The number of halogens is 1. The molecule has 0 fully saturated rings. The van der Waals surface area contributed by atoms with E-state index in [1.165, 1.54) is 16.7 Å². The molecule has 7 heteroatoms. The average Bonchev–Trinajstić information content (AvgIpc) is 2.63. The van der Waals surface area contributed by atoms with Crippen molar-refractivity contribution in [2.24, 2.45) is 0 Å². The van der Waals surface area contributed by atoms with Gasteiger partial charge in [0.05, 0.1) is 12.4 Å². The van der Waals surface area contributed by atoms with Gasteiger partial charge in [0.25, 0.3) is 5.91 Å². The number of nitrogens with zero attached hydrogens (tertiary/aromatic N) is 1. The lowest BCUT2D eigenvalue weighted by molar-refractivity contribution is -0.113. The fourth-order valence-corrected chi connectivity index (χ4v) is 2.79. The van der Waals surface area contributed by atoms with Gasteiger partial charge >= 0.3 is 0 Å². The second-order valence-corrected chi connectivity index (χ2v) is 7.22. The Kier molecular flexibility index (Phi) is 7.81. The van der Waals surface area contributed by atoms with E-state index in [1.54, 1.807) is 50.5 Å². The number of carbonyl (C=O) groups excluding carboxylic acids is 2. The van der Waals surface area contributed by atoms with Crippen LogP contribution in [0.4, 0.5) is 5.69 Å². The van der Waals surface area contributed by atoms with Crippen LogP contribution in [0.3, 0.4) is 0 Å². The van der Waals surface area contributed by atoms with Gasteiger partial charge in [0.1, 0.15) is 5.75 Å². The predicted octanol–water partition coefficient (Wildman–Crippen LogP) is 3.79. The summed E-state index contributed by atoms with van der Waals surface area (Å²) in [6.07, 6.45) is 0. The third-order valence-corrected chi connectivity index (χ3v) is 4.54. The maximum absolute atomic E-state index is 11.9. The Morgan fingerprint density at radius 3 is 2.35 bits per heavy atom. The van der Waals surface area contributed by atoms with Crippen LogP contribution < -0.4 is 10.1 Å². The first-order valence-corrected chi connectivity index (χ1v) is 9.56. The Labute approximate surface area is 162 Å². The van der Waals surface area contributed by atoms with Crippen LogP contribution in [0.25, 0.3) is 0 Å². The van der Waals surface area contributed by atoms with Crippen LogP contribution in [0.5, 0.6) is 5.75 Å². The number of hydrogen-bond donors (Lipinski definition) is 1. The second-order valence-electron chi connectivity index (χ2n) is 5.68. The van der Waals surface area contributed by atoms with E-state index in [2.05, 4.69) is 5.32 Å². The quantitative estimate of drug-likeness (QED) is 0.694. The minimum atomic E-state index is -0.0896. The molecule has 0 unspecified atom stereocenters. The molecule has 0 radical (unpaired) electrons. The van der Waals surface area contributed by atoms with Gasteiger partial charge in [-0.25, -0.2) is 0 Å². The monoisotopic (exact) mass is 392 g/mol. The van der Waals surface area contributed by atoms with Gasteiger partial charge in [-0.1, -0.05) is 11.6 Å². The van der Waals surface area contributed by atoms with E-state index in [-0.39, 0.29) is 11.8 Å². The van der Waals surface area contributed by atoms with Gasteiger partial charge in [0.2, 0.25) is 5.91 Å². The van der Waals surface area contributed by atoms with Crippen LogP contribution >= 0.6 is 23.4 Å². The molecule has 0 aliphatic rings. The van der Waals surface area contributed by atoms with Crippen molar-refractivity contribution in [1.29, 1.82) is 0 Å². The number of thioether (sulfide) groups is 1. The smallest absolute Gasteiger partial charge is 0.253 e. The van der Waals surface area contributed by atoms with Crippen LogP contribution in [-0.2, 0) is 4.79 Å². The summed E-state index contributed by atoms with van der Waals surface area (Å²) < 4.78 is 5.57. The van der Waals surface area contributed by atoms with E-state index in [9.17, 15) is 9.59 Å². The standard InChI is InChI=1S/C19H21ClN2O3S/c1-22(2)19(24)14-3-7-16(8-4-14)21-18(23)13-26-12-11-25-17-9-5-15(20)6-10-17/h3-10H,11-13H2,1-2H3,(H,21,23). The summed E-state index contributed by atoms with van der Waals surface area (Å²) >= 11 is 7.30. The molecule has 0 aliphatic carbocycles. The van der Waals surface area contributed by atoms with E-state index in [0.717, 1.165) is 5.75 Å². The Bertz CT molecular complexity index is 733. The first kappa shape index (κ1) is 20.1. The Balaban J connectivity index is 1.67. The molecule has 0 bridgehead atoms. The molecule has 0 spiro atoms. The van der Waals surface area contributed by atoms with E-state index >= 15 is 0 Å². The Hall–Kier alpha value is -2.18. The zero-order valence-electron chi connectivity index (χ0n) is 14.7. The van der Waals surface area contributed by atoms with Gasteiger partial charge in [-0.15, -0.1) is 11.8 Å². The van der Waals surface area contributed by atoms with Crippen molar-refractivity contribution >= 4 is 40.9 Å². The van der Waals surface area contributed by atoms with Crippen LogP contribution in [-0.4, -0.2) is 48.9 Å². The van der Waals surface area contributed by atoms with Crippen LogP contribution in [0.1, 0.15) is 10.4 Å². The lowest BCUT2D eigenvalue weighted by atomic mass is 10.2. The number of hydrogen-bond acceptors (Lipinski definition) is 4. The highest BCUT2D eigenvalue weighted by atomic mass is 35.5. The largest absolute Gasteiger partial charge is 0.493 e. The molecule has 2 aromatic rings. The number of nitrogens with one attached hydrogen (secondary N) is 1. The molecule has 0 aliphatic heterocycles. The third-order valence-electron chi connectivity index (χ3n) is 3.36. The molecule has 2 rings (SSSR count). The maximum atomic E-state index is 11.9. The molecule has 0 atom stereocenters. The van der Waals surface area contributed by atoms with Crippen molar-refractivity contribution in [3.63, 3.8) is 0 Å². The van der Waals surface area contributed by atoms with Gasteiger partial charge < -0.3 is 15.0 Å². The summed E-state index contributed by atoms with van der Waals surface area (Å²) in [5.74, 6) is 1.63. The maximum Gasteiger partial charge on any atom is 0.253 e. The lowest BCUT2D eigenvalue weighted by Gasteiger charge is -2.11. The fourth-order valence-electron chi connectivity index (χ4n) is 2.07. The average molecular weight is 393 g/mol. The van der Waals surface area contributed by atoms with Gasteiger partial charge in [-0.05, 0) is 48.5 Å². The molecule has 138 valence electrons. The number of rotatable bonds is 8. The number of ether oxygens (including phenoxy) is 1. The minimum Gasteiger partial charge on any atom is -0.493 e. The molecule has 0 saturated carbocycles. The fraction of sp³-hybridized carbons (Fsp3) is 0.263. The number of anilines is 1. The SMILES string of the molecule is CN(C)C(=O)c1ccc(NC(=O)CSCCOc2ccc(Cl)cc2)cc1. The normalized spacial score (nSPS) is 10.3. The molecule has 5 nitrogen and oxygen atoms in total. The molecule has 2 amide bonds. The lowest BCUT2D eigenvalue weighted by Crippen LogP contribution is -2.21. The van der Waals surface area contributed by atoms with Crippen molar-refractivity contribution in [2.75, 3.05) is 37.5 Å². The van der Waals surface area contributed by atoms with Crippen LogP contribution in [0, 0.1) is 0 Å². The molecule has 0 aromatic heterocycles. The van der Waals surface area contributed by atoms with E-state index in [0.29, 0.717) is 34.4 Å². The highest BCUT2D eigenvalue weighted by Gasteiger charge is 2.08. The molecular weight excluding hydrogens is 372 g/mol. The molecule has 26 heavy (non-hydrogen) atoms. The summed E-state index contributed by atoms with van der Waals surface area (Å²) in [5.41, 5.74) is 1.25. The van der Waals surface area contributed by atoms with Crippen LogP contribution in [0.2, 0.25) is 5.02 Å². The third kappa shape index (κ3) is 6.61.